The van der Waals surface area contributed by atoms with E-state index in [0.717, 1.165) is 18.7 Å². The summed E-state index contributed by atoms with van der Waals surface area (Å²) in [6.45, 7) is 5.04. The van der Waals surface area contributed by atoms with Crippen molar-refractivity contribution < 1.29 is 4.79 Å². The summed E-state index contributed by atoms with van der Waals surface area (Å²) in [5.74, 6) is 0.263. The summed E-state index contributed by atoms with van der Waals surface area (Å²) < 4.78 is 0. The number of carbonyl (C=O) groups is 1. The van der Waals surface area contributed by atoms with E-state index in [-0.39, 0.29) is 5.91 Å². The van der Waals surface area contributed by atoms with Gasteiger partial charge in [-0.3, -0.25) is 4.79 Å². The van der Waals surface area contributed by atoms with Crippen molar-refractivity contribution in [3.05, 3.63) is 29.3 Å². The Morgan fingerprint density at radius 2 is 2.07 bits per heavy atom. The van der Waals surface area contributed by atoms with Crippen molar-refractivity contribution >= 4 is 11.6 Å². The highest BCUT2D eigenvalue weighted by atomic mass is 16.2. The molecule has 0 N–H and O–H groups in total. The standard InChI is InChI=1S/C12H15NO/c1-9-5-3-6-11(10(9)2)13-8-4-7-12(13)14/h3,5-6H,4,7-8H2,1-2H3. The van der Waals surface area contributed by atoms with Crippen LogP contribution in [0, 0.1) is 13.8 Å². The Bertz CT molecular complexity index is 371. The fraction of sp³-hybridized carbons (Fsp3) is 0.417. The lowest BCUT2D eigenvalue weighted by molar-refractivity contribution is -0.117. The fourth-order valence-electron chi connectivity index (χ4n) is 1.93. The Morgan fingerprint density at radius 3 is 2.71 bits per heavy atom. The van der Waals surface area contributed by atoms with Crippen LogP contribution in [0.1, 0.15) is 24.0 Å². The summed E-state index contributed by atoms with van der Waals surface area (Å²) in [5.41, 5.74) is 3.57. The summed E-state index contributed by atoms with van der Waals surface area (Å²) in [6, 6.07) is 6.13. The molecule has 0 spiro atoms. The van der Waals surface area contributed by atoms with Gasteiger partial charge in [0.1, 0.15) is 0 Å². The Kier molecular flexibility index (Phi) is 2.28. The second-order valence-electron chi connectivity index (χ2n) is 3.87. The minimum atomic E-state index is 0.263. The monoisotopic (exact) mass is 189 g/mol. The van der Waals surface area contributed by atoms with Gasteiger partial charge in [-0.2, -0.15) is 0 Å². The molecule has 1 aromatic carbocycles. The van der Waals surface area contributed by atoms with Crippen LogP contribution in [-0.2, 0) is 4.79 Å². The highest BCUT2D eigenvalue weighted by molar-refractivity contribution is 5.96. The lowest BCUT2D eigenvalue weighted by Gasteiger charge is -2.19. The van der Waals surface area contributed by atoms with E-state index >= 15 is 0 Å². The first kappa shape index (κ1) is 9.25. The Labute approximate surface area is 84.5 Å². The Balaban J connectivity index is 2.41. The van der Waals surface area contributed by atoms with E-state index in [1.165, 1.54) is 11.1 Å². The van der Waals surface area contributed by atoms with Crippen LogP contribution in [0.15, 0.2) is 18.2 Å². The van der Waals surface area contributed by atoms with Crippen molar-refractivity contribution in [1.82, 2.24) is 0 Å². The predicted octanol–water partition coefficient (Wildman–Crippen LogP) is 2.43. The average molecular weight is 189 g/mol. The zero-order valence-electron chi connectivity index (χ0n) is 8.71. The second-order valence-corrected chi connectivity index (χ2v) is 3.87. The van der Waals surface area contributed by atoms with Crippen LogP contribution >= 0.6 is 0 Å². The molecule has 1 aromatic rings. The maximum absolute atomic E-state index is 11.6. The van der Waals surface area contributed by atoms with Gasteiger partial charge < -0.3 is 4.90 Å². The molecule has 74 valence electrons. The molecule has 0 unspecified atom stereocenters. The van der Waals surface area contributed by atoms with Crippen LogP contribution in [0.4, 0.5) is 5.69 Å². The first-order chi connectivity index (χ1) is 6.70. The smallest absolute Gasteiger partial charge is 0.227 e. The molecule has 2 heteroatoms. The van der Waals surface area contributed by atoms with Gasteiger partial charge in [0.25, 0.3) is 0 Å². The molecule has 14 heavy (non-hydrogen) atoms. The summed E-state index contributed by atoms with van der Waals surface area (Å²) >= 11 is 0. The number of anilines is 1. The predicted molar refractivity (Wildman–Crippen MR) is 57.5 cm³/mol. The molecule has 0 radical (unpaired) electrons. The van der Waals surface area contributed by atoms with E-state index in [1.54, 1.807) is 0 Å². The second kappa shape index (κ2) is 3.45. The van der Waals surface area contributed by atoms with Gasteiger partial charge in [0.05, 0.1) is 0 Å². The van der Waals surface area contributed by atoms with E-state index in [0.29, 0.717) is 6.42 Å². The molecule has 0 saturated carbocycles. The number of carbonyl (C=O) groups excluding carboxylic acids is 1. The Morgan fingerprint density at radius 1 is 1.29 bits per heavy atom. The maximum atomic E-state index is 11.6. The van der Waals surface area contributed by atoms with Gasteiger partial charge in [-0.15, -0.1) is 0 Å². The lowest BCUT2D eigenvalue weighted by atomic mass is 10.1. The van der Waals surface area contributed by atoms with Crippen molar-refractivity contribution in [1.29, 1.82) is 0 Å². The van der Waals surface area contributed by atoms with Crippen LogP contribution in [-0.4, -0.2) is 12.5 Å². The van der Waals surface area contributed by atoms with Gasteiger partial charge in [-0.1, -0.05) is 12.1 Å². The van der Waals surface area contributed by atoms with Crippen LogP contribution in [0.5, 0.6) is 0 Å². The Hall–Kier alpha value is -1.31. The summed E-state index contributed by atoms with van der Waals surface area (Å²) in [5, 5.41) is 0. The minimum Gasteiger partial charge on any atom is -0.312 e. The topological polar surface area (TPSA) is 20.3 Å². The number of aryl methyl sites for hydroxylation is 1. The van der Waals surface area contributed by atoms with E-state index in [4.69, 9.17) is 0 Å². The van der Waals surface area contributed by atoms with Gasteiger partial charge in [0, 0.05) is 18.7 Å². The molecular formula is C12H15NO. The van der Waals surface area contributed by atoms with Crippen molar-refractivity contribution in [3.63, 3.8) is 0 Å². The fourth-order valence-corrected chi connectivity index (χ4v) is 1.93. The number of amides is 1. The molecule has 0 bridgehead atoms. The third-order valence-electron chi connectivity index (χ3n) is 2.94. The van der Waals surface area contributed by atoms with Gasteiger partial charge in [0.2, 0.25) is 5.91 Å². The normalized spacial score (nSPS) is 16.4. The van der Waals surface area contributed by atoms with E-state index in [9.17, 15) is 4.79 Å². The first-order valence-corrected chi connectivity index (χ1v) is 5.07. The van der Waals surface area contributed by atoms with Crippen molar-refractivity contribution in [2.45, 2.75) is 26.7 Å². The van der Waals surface area contributed by atoms with E-state index in [1.807, 2.05) is 17.0 Å². The molecule has 0 aromatic heterocycles. The summed E-state index contributed by atoms with van der Waals surface area (Å²) in [4.78, 5) is 13.5. The number of nitrogens with zero attached hydrogens (tertiary/aromatic N) is 1. The number of hydrogen-bond donors (Lipinski definition) is 0. The molecule has 1 heterocycles. The first-order valence-electron chi connectivity index (χ1n) is 5.07. The third kappa shape index (κ3) is 1.41. The minimum absolute atomic E-state index is 0.263. The quantitative estimate of drug-likeness (QED) is 0.664. The zero-order chi connectivity index (χ0) is 10.1. The highest BCUT2D eigenvalue weighted by Gasteiger charge is 2.22. The molecule has 1 saturated heterocycles. The summed E-state index contributed by atoms with van der Waals surface area (Å²) in [7, 11) is 0. The average Bonchev–Trinajstić information content (AvgIpc) is 2.57. The van der Waals surface area contributed by atoms with Crippen LogP contribution < -0.4 is 4.90 Å². The van der Waals surface area contributed by atoms with Crippen molar-refractivity contribution in [2.75, 3.05) is 11.4 Å². The molecule has 1 aliphatic heterocycles. The van der Waals surface area contributed by atoms with Crippen molar-refractivity contribution in [2.24, 2.45) is 0 Å². The molecule has 0 aliphatic carbocycles. The molecular weight excluding hydrogens is 174 g/mol. The number of rotatable bonds is 1. The summed E-state index contributed by atoms with van der Waals surface area (Å²) in [6.07, 6.45) is 1.69. The highest BCUT2D eigenvalue weighted by Crippen LogP contribution is 2.26. The van der Waals surface area contributed by atoms with Gasteiger partial charge >= 0.3 is 0 Å². The third-order valence-corrected chi connectivity index (χ3v) is 2.94. The van der Waals surface area contributed by atoms with Crippen LogP contribution in [0.3, 0.4) is 0 Å². The van der Waals surface area contributed by atoms with Gasteiger partial charge in [0.15, 0.2) is 0 Å². The number of benzene rings is 1. The molecule has 1 fully saturated rings. The maximum Gasteiger partial charge on any atom is 0.227 e. The van der Waals surface area contributed by atoms with Crippen molar-refractivity contribution in [3.8, 4) is 0 Å². The number of hydrogen-bond acceptors (Lipinski definition) is 1. The van der Waals surface area contributed by atoms with Crippen LogP contribution in [0.2, 0.25) is 0 Å². The molecule has 0 atom stereocenters. The largest absolute Gasteiger partial charge is 0.312 e. The van der Waals surface area contributed by atoms with Gasteiger partial charge in [-0.05, 0) is 37.5 Å². The zero-order valence-corrected chi connectivity index (χ0v) is 8.71. The molecule has 1 amide bonds. The molecule has 2 rings (SSSR count). The molecule has 1 aliphatic rings. The van der Waals surface area contributed by atoms with Gasteiger partial charge in [-0.25, -0.2) is 0 Å². The SMILES string of the molecule is Cc1cccc(N2CCCC2=O)c1C. The lowest BCUT2D eigenvalue weighted by Crippen LogP contribution is -2.24. The van der Waals surface area contributed by atoms with E-state index in [2.05, 4.69) is 19.9 Å². The van der Waals surface area contributed by atoms with Crippen LogP contribution in [0.25, 0.3) is 0 Å². The van der Waals surface area contributed by atoms with E-state index < -0.39 is 0 Å². The molecule has 2 nitrogen and oxygen atoms in total.